The Labute approximate surface area is 163 Å². The summed E-state index contributed by atoms with van der Waals surface area (Å²) >= 11 is 0. The molecule has 1 heterocycles. The molecule has 0 aromatic heterocycles. The first kappa shape index (κ1) is 19.7. The third kappa shape index (κ3) is 3.93. The Morgan fingerprint density at radius 2 is 1.71 bits per heavy atom. The van der Waals surface area contributed by atoms with Gasteiger partial charge in [-0.25, -0.2) is 9.18 Å². The maximum absolute atomic E-state index is 13.9. The monoisotopic (exact) mass is 386 g/mol. The molecule has 1 unspecified atom stereocenters. The minimum absolute atomic E-state index is 0.00368. The predicted molar refractivity (Wildman–Crippen MR) is 102 cm³/mol. The van der Waals surface area contributed by atoms with Gasteiger partial charge in [0, 0.05) is 0 Å². The molecule has 1 saturated heterocycles. The molecule has 0 saturated carbocycles. The van der Waals surface area contributed by atoms with Gasteiger partial charge in [-0.15, -0.1) is 0 Å². The van der Waals surface area contributed by atoms with Crippen LogP contribution in [0, 0.1) is 5.82 Å². The fourth-order valence-electron chi connectivity index (χ4n) is 3.24. The summed E-state index contributed by atoms with van der Waals surface area (Å²) in [4.78, 5) is 26.4. The Morgan fingerprint density at radius 3 is 2.32 bits per heavy atom. The van der Waals surface area contributed by atoms with Gasteiger partial charge in [0.25, 0.3) is 5.91 Å². The van der Waals surface area contributed by atoms with E-state index in [1.54, 1.807) is 20.1 Å². The van der Waals surface area contributed by atoms with E-state index in [-0.39, 0.29) is 18.2 Å². The number of hydrogen-bond acceptors (Lipinski definition) is 4. The fraction of sp³-hybridized carbons (Fsp3) is 0.333. The Bertz CT molecular complexity index is 884. The van der Waals surface area contributed by atoms with Crippen LogP contribution in [0.3, 0.4) is 0 Å². The highest BCUT2D eigenvalue weighted by Gasteiger charge is 2.47. The Kier molecular flexibility index (Phi) is 5.53. The number of hydrogen-bond donors (Lipinski definition) is 1. The number of urea groups is 1. The highest BCUT2D eigenvalue weighted by Crippen LogP contribution is 2.26. The normalized spacial score (nSPS) is 18.9. The lowest BCUT2D eigenvalue weighted by atomic mass is 9.93. The van der Waals surface area contributed by atoms with Gasteiger partial charge >= 0.3 is 6.03 Å². The molecule has 0 aliphatic carbocycles. The zero-order valence-corrected chi connectivity index (χ0v) is 16.1. The van der Waals surface area contributed by atoms with Crippen LogP contribution in [0.25, 0.3) is 0 Å². The Morgan fingerprint density at radius 1 is 1.04 bits per heavy atom. The van der Waals surface area contributed by atoms with Crippen molar-refractivity contribution in [2.75, 3.05) is 14.2 Å². The molecule has 1 atom stereocenters. The standard InChI is InChI=1S/C21H23FN2O4/c1-21(11-10-14-4-7-16(27-2)8-5-14)19(25)24(20(26)23-21)13-15-6-9-18(28-3)17(22)12-15/h4-9,12H,10-11,13H2,1-3H3,(H,23,26). The summed E-state index contributed by atoms with van der Waals surface area (Å²) < 4.78 is 23.9. The summed E-state index contributed by atoms with van der Waals surface area (Å²) in [6.45, 7) is 1.72. The van der Waals surface area contributed by atoms with Crippen LogP contribution in [0.4, 0.5) is 9.18 Å². The number of nitrogens with one attached hydrogen (secondary N) is 1. The van der Waals surface area contributed by atoms with E-state index in [9.17, 15) is 14.0 Å². The van der Waals surface area contributed by atoms with Gasteiger partial charge in [-0.3, -0.25) is 9.69 Å². The van der Waals surface area contributed by atoms with E-state index in [0.29, 0.717) is 18.4 Å². The van der Waals surface area contributed by atoms with E-state index in [1.165, 1.54) is 19.2 Å². The number of amides is 3. The second-order valence-corrected chi connectivity index (χ2v) is 6.97. The molecule has 1 aliphatic rings. The number of halogens is 1. The second-order valence-electron chi connectivity index (χ2n) is 6.97. The second kappa shape index (κ2) is 7.88. The lowest BCUT2D eigenvalue weighted by Crippen LogP contribution is -2.44. The first-order valence-corrected chi connectivity index (χ1v) is 8.96. The molecule has 6 nitrogen and oxygen atoms in total. The molecule has 2 aromatic carbocycles. The third-order valence-corrected chi connectivity index (χ3v) is 4.97. The van der Waals surface area contributed by atoms with Gasteiger partial charge in [-0.05, 0) is 55.2 Å². The van der Waals surface area contributed by atoms with Gasteiger partial charge in [0.05, 0.1) is 20.8 Å². The molecule has 1 aliphatic heterocycles. The van der Waals surface area contributed by atoms with Crippen LogP contribution < -0.4 is 14.8 Å². The average molecular weight is 386 g/mol. The van der Waals surface area contributed by atoms with Gasteiger partial charge in [0.1, 0.15) is 11.3 Å². The number of carbonyl (C=O) groups is 2. The number of rotatable bonds is 7. The molecule has 3 rings (SSSR count). The molecular weight excluding hydrogens is 363 g/mol. The summed E-state index contributed by atoms with van der Waals surface area (Å²) in [5.41, 5.74) is 0.558. The topological polar surface area (TPSA) is 67.9 Å². The molecule has 7 heteroatoms. The van der Waals surface area contributed by atoms with Gasteiger partial charge in [-0.2, -0.15) is 0 Å². The molecule has 0 spiro atoms. The summed E-state index contributed by atoms with van der Waals surface area (Å²) in [6, 6.07) is 11.5. The van der Waals surface area contributed by atoms with Crippen molar-refractivity contribution in [3.8, 4) is 11.5 Å². The lowest BCUT2D eigenvalue weighted by molar-refractivity contribution is -0.131. The smallest absolute Gasteiger partial charge is 0.325 e. The van der Waals surface area contributed by atoms with Crippen molar-refractivity contribution < 1.29 is 23.5 Å². The van der Waals surface area contributed by atoms with Crippen LogP contribution in [0.5, 0.6) is 11.5 Å². The summed E-state index contributed by atoms with van der Waals surface area (Å²) in [7, 11) is 2.98. The molecule has 28 heavy (non-hydrogen) atoms. The number of nitrogens with zero attached hydrogens (tertiary/aromatic N) is 1. The van der Waals surface area contributed by atoms with E-state index in [0.717, 1.165) is 16.2 Å². The molecule has 0 bridgehead atoms. The highest BCUT2D eigenvalue weighted by atomic mass is 19.1. The molecule has 2 aromatic rings. The Hall–Kier alpha value is -3.09. The predicted octanol–water partition coefficient (Wildman–Crippen LogP) is 3.29. The zero-order valence-electron chi connectivity index (χ0n) is 16.1. The van der Waals surface area contributed by atoms with Gasteiger partial charge in [0.15, 0.2) is 11.6 Å². The molecule has 3 amide bonds. The van der Waals surface area contributed by atoms with Crippen molar-refractivity contribution in [3.63, 3.8) is 0 Å². The number of benzene rings is 2. The average Bonchev–Trinajstić information content (AvgIpc) is 2.90. The van der Waals surface area contributed by atoms with E-state index < -0.39 is 17.4 Å². The minimum atomic E-state index is -0.998. The largest absolute Gasteiger partial charge is 0.497 e. The van der Waals surface area contributed by atoms with Crippen LogP contribution in [-0.2, 0) is 17.8 Å². The lowest BCUT2D eigenvalue weighted by Gasteiger charge is -2.22. The maximum Gasteiger partial charge on any atom is 0.325 e. The van der Waals surface area contributed by atoms with E-state index in [1.807, 2.05) is 24.3 Å². The molecular formula is C21H23FN2O4. The zero-order chi connectivity index (χ0) is 20.3. The van der Waals surface area contributed by atoms with Crippen molar-refractivity contribution in [1.29, 1.82) is 0 Å². The van der Waals surface area contributed by atoms with Crippen LogP contribution >= 0.6 is 0 Å². The van der Waals surface area contributed by atoms with Crippen LogP contribution in [-0.4, -0.2) is 36.6 Å². The fourth-order valence-corrected chi connectivity index (χ4v) is 3.24. The first-order chi connectivity index (χ1) is 13.4. The SMILES string of the molecule is COc1ccc(CCC2(C)NC(=O)N(Cc3ccc(OC)c(F)c3)C2=O)cc1. The van der Waals surface area contributed by atoms with Crippen molar-refractivity contribution >= 4 is 11.9 Å². The van der Waals surface area contributed by atoms with Crippen molar-refractivity contribution in [2.24, 2.45) is 0 Å². The summed E-state index contributed by atoms with van der Waals surface area (Å²) in [5, 5.41) is 2.77. The summed E-state index contributed by atoms with van der Waals surface area (Å²) in [6.07, 6.45) is 1.08. The third-order valence-electron chi connectivity index (χ3n) is 4.97. The number of ether oxygens (including phenoxy) is 2. The maximum atomic E-state index is 13.9. The number of methoxy groups -OCH3 is 2. The number of aryl methyl sites for hydroxylation is 1. The Balaban J connectivity index is 1.68. The molecule has 0 radical (unpaired) electrons. The van der Waals surface area contributed by atoms with Crippen LogP contribution in [0.15, 0.2) is 42.5 Å². The number of imide groups is 1. The number of carbonyl (C=O) groups excluding carboxylic acids is 2. The quantitative estimate of drug-likeness (QED) is 0.742. The van der Waals surface area contributed by atoms with Crippen molar-refractivity contribution in [3.05, 3.63) is 59.4 Å². The molecule has 1 N–H and O–H groups in total. The van der Waals surface area contributed by atoms with Crippen molar-refractivity contribution in [2.45, 2.75) is 31.8 Å². The van der Waals surface area contributed by atoms with Gasteiger partial charge in [-0.1, -0.05) is 18.2 Å². The van der Waals surface area contributed by atoms with Crippen LogP contribution in [0.1, 0.15) is 24.5 Å². The molecule has 1 fully saturated rings. The van der Waals surface area contributed by atoms with Crippen molar-refractivity contribution in [1.82, 2.24) is 10.2 Å². The first-order valence-electron chi connectivity index (χ1n) is 8.96. The molecule has 148 valence electrons. The van der Waals surface area contributed by atoms with Crippen LogP contribution in [0.2, 0.25) is 0 Å². The minimum Gasteiger partial charge on any atom is -0.497 e. The van der Waals surface area contributed by atoms with E-state index in [2.05, 4.69) is 5.32 Å². The highest BCUT2D eigenvalue weighted by molar-refractivity contribution is 6.06. The van der Waals surface area contributed by atoms with E-state index in [4.69, 9.17) is 9.47 Å². The van der Waals surface area contributed by atoms with E-state index >= 15 is 0 Å². The van der Waals surface area contributed by atoms with Gasteiger partial charge < -0.3 is 14.8 Å². The summed E-state index contributed by atoms with van der Waals surface area (Å²) in [5.74, 6) is 0.0277. The van der Waals surface area contributed by atoms with Gasteiger partial charge in [0.2, 0.25) is 0 Å².